The molecule has 0 aliphatic rings. The molecule has 0 bridgehead atoms. The number of hydrogen-bond acceptors (Lipinski definition) is 4. The van der Waals surface area contributed by atoms with Crippen molar-refractivity contribution in [1.82, 2.24) is 5.32 Å². The zero-order chi connectivity index (χ0) is 17.4. The summed E-state index contributed by atoms with van der Waals surface area (Å²) in [4.78, 5) is 10.2. The number of rotatable bonds is 7. The number of nitrogens with zero attached hydrogens (tertiary/aromatic N) is 1. The van der Waals surface area contributed by atoms with Crippen LogP contribution in [0.4, 0.5) is 17.1 Å². The van der Waals surface area contributed by atoms with E-state index in [0.29, 0.717) is 18.2 Å². The van der Waals surface area contributed by atoms with Crippen LogP contribution < -0.4 is 16.0 Å². The Morgan fingerprint density at radius 1 is 1.12 bits per heavy atom. The quantitative estimate of drug-likeness (QED) is 0.308. The Morgan fingerprint density at radius 2 is 1.83 bits per heavy atom. The van der Waals surface area contributed by atoms with Crippen LogP contribution in [-0.2, 0) is 6.42 Å². The third-order valence-electron chi connectivity index (χ3n) is 3.46. The van der Waals surface area contributed by atoms with Gasteiger partial charge in [-0.2, -0.15) is 0 Å². The van der Waals surface area contributed by atoms with Crippen molar-refractivity contribution < 1.29 is 4.92 Å². The minimum atomic E-state index is -0.413. The molecule has 24 heavy (non-hydrogen) atoms. The third kappa shape index (κ3) is 5.20. The van der Waals surface area contributed by atoms with Gasteiger partial charge in [-0.05, 0) is 42.4 Å². The number of nitro benzene ring substituents is 1. The molecule has 3 N–H and O–H groups in total. The summed E-state index contributed by atoms with van der Waals surface area (Å²) >= 11 is 5.29. The summed E-state index contributed by atoms with van der Waals surface area (Å²) in [7, 11) is 0. The van der Waals surface area contributed by atoms with Gasteiger partial charge in [-0.15, -0.1) is 0 Å². The van der Waals surface area contributed by atoms with E-state index in [4.69, 9.17) is 12.2 Å². The minimum Gasteiger partial charge on any atom is -0.383 e. The molecule has 2 aromatic rings. The van der Waals surface area contributed by atoms with Gasteiger partial charge in [-0.1, -0.05) is 25.1 Å². The van der Waals surface area contributed by atoms with Gasteiger partial charge in [-0.3, -0.25) is 10.1 Å². The van der Waals surface area contributed by atoms with Gasteiger partial charge in [0.1, 0.15) is 0 Å². The Hall–Kier alpha value is -2.67. The highest BCUT2D eigenvalue weighted by atomic mass is 32.1. The van der Waals surface area contributed by atoms with E-state index in [9.17, 15) is 10.1 Å². The molecule has 126 valence electrons. The van der Waals surface area contributed by atoms with E-state index in [1.165, 1.54) is 17.7 Å². The fourth-order valence-corrected chi connectivity index (χ4v) is 2.41. The Labute approximate surface area is 146 Å². The highest BCUT2D eigenvalue weighted by Crippen LogP contribution is 2.16. The summed E-state index contributed by atoms with van der Waals surface area (Å²) in [5.41, 5.74) is 3.14. The largest absolute Gasteiger partial charge is 0.383 e. The van der Waals surface area contributed by atoms with Crippen molar-refractivity contribution in [2.45, 2.75) is 13.3 Å². The summed E-state index contributed by atoms with van der Waals surface area (Å²) in [6.07, 6.45) is 0.938. The molecule has 0 heterocycles. The van der Waals surface area contributed by atoms with Crippen molar-refractivity contribution in [3.8, 4) is 0 Å². The molecule has 0 radical (unpaired) electrons. The van der Waals surface area contributed by atoms with Crippen molar-refractivity contribution in [1.29, 1.82) is 0 Å². The van der Waals surface area contributed by atoms with E-state index in [1.54, 1.807) is 12.1 Å². The Balaban J connectivity index is 1.73. The van der Waals surface area contributed by atoms with E-state index in [2.05, 4.69) is 28.9 Å². The van der Waals surface area contributed by atoms with Gasteiger partial charge in [0.2, 0.25) is 0 Å². The predicted molar refractivity (Wildman–Crippen MR) is 102 cm³/mol. The molecule has 0 saturated carbocycles. The van der Waals surface area contributed by atoms with Crippen LogP contribution in [0.15, 0.2) is 48.5 Å². The molecule has 0 saturated heterocycles. The number of para-hydroxylation sites is 1. The van der Waals surface area contributed by atoms with Crippen LogP contribution >= 0.6 is 12.2 Å². The summed E-state index contributed by atoms with van der Waals surface area (Å²) in [6, 6.07) is 14.4. The fraction of sp³-hybridized carbons (Fsp3) is 0.235. The molecule has 0 amide bonds. The number of benzene rings is 2. The number of nitro groups is 1. The van der Waals surface area contributed by atoms with E-state index >= 15 is 0 Å². The first-order valence-corrected chi connectivity index (χ1v) is 8.12. The summed E-state index contributed by atoms with van der Waals surface area (Å²) in [6.45, 7) is 3.39. The smallest absolute Gasteiger partial charge is 0.269 e. The number of nitrogens with one attached hydrogen (secondary N) is 3. The summed E-state index contributed by atoms with van der Waals surface area (Å²) in [5, 5.41) is 20.7. The third-order valence-corrected chi connectivity index (χ3v) is 3.71. The molecule has 0 unspecified atom stereocenters. The second-order valence-electron chi connectivity index (χ2n) is 5.12. The molecule has 0 atom stereocenters. The summed E-state index contributed by atoms with van der Waals surface area (Å²) in [5.74, 6) is 0. The van der Waals surface area contributed by atoms with Gasteiger partial charge >= 0.3 is 0 Å². The molecule has 0 aliphatic carbocycles. The molecular formula is C17H20N4O2S. The summed E-state index contributed by atoms with van der Waals surface area (Å²) < 4.78 is 0. The normalized spacial score (nSPS) is 10.0. The average molecular weight is 344 g/mol. The maximum atomic E-state index is 10.6. The maximum absolute atomic E-state index is 10.6. The lowest BCUT2D eigenvalue weighted by atomic mass is 10.1. The van der Waals surface area contributed by atoms with E-state index in [1.807, 2.05) is 18.2 Å². The molecule has 2 aromatic carbocycles. The minimum absolute atomic E-state index is 0.0821. The molecule has 0 aromatic heterocycles. The molecule has 0 spiro atoms. The number of hydrogen-bond donors (Lipinski definition) is 3. The van der Waals surface area contributed by atoms with Crippen molar-refractivity contribution in [2.75, 3.05) is 23.7 Å². The van der Waals surface area contributed by atoms with Crippen LogP contribution in [-0.4, -0.2) is 23.1 Å². The first-order chi connectivity index (χ1) is 11.6. The lowest BCUT2D eigenvalue weighted by Gasteiger charge is -2.14. The highest BCUT2D eigenvalue weighted by molar-refractivity contribution is 7.80. The zero-order valence-electron chi connectivity index (χ0n) is 13.4. The molecular weight excluding hydrogens is 324 g/mol. The number of thiocarbonyl (C=S) groups is 1. The van der Waals surface area contributed by atoms with Gasteiger partial charge in [0, 0.05) is 36.6 Å². The average Bonchev–Trinajstić information content (AvgIpc) is 2.59. The van der Waals surface area contributed by atoms with Gasteiger partial charge in [0.15, 0.2) is 5.11 Å². The molecule has 0 aliphatic heterocycles. The number of anilines is 2. The van der Waals surface area contributed by atoms with Gasteiger partial charge in [-0.25, -0.2) is 0 Å². The first kappa shape index (κ1) is 17.7. The van der Waals surface area contributed by atoms with Crippen molar-refractivity contribution in [2.24, 2.45) is 0 Å². The van der Waals surface area contributed by atoms with Crippen molar-refractivity contribution in [3.63, 3.8) is 0 Å². The number of aryl methyl sites for hydroxylation is 1. The van der Waals surface area contributed by atoms with Crippen LogP contribution in [0.1, 0.15) is 12.5 Å². The highest BCUT2D eigenvalue weighted by Gasteiger charge is 2.04. The van der Waals surface area contributed by atoms with Gasteiger partial charge in [0.05, 0.1) is 4.92 Å². The van der Waals surface area contributed by atoms with Gasteiger partial charge < -0.3 is 16.0 Å². The second kappa shape index (κ2) is 8.83. The molecule has 2 rings (SSSR count). The zero-order valence-corrected chi connectivity index (χ0v) is 14.2. The fourth-order valence-electron chi connectivity index (χ4n) is 2.20. The molecule has 6 nitrogen and oxygen atoms in total. The van der Waals surface area contributed by atoms with Crippen LogP contribution in [0.2, 0.25) is 0 Å². The lowest BCUT2D eigenvalue weighted by molar-refractivity contribution is -0.384. The monoisotopic (exact) mass is 344 g/mol. The van der Waals surface area contributed by atoms with Gasteiger partial charge in [0.25, 0.3) is 5.69 Å². The molecule has 0 fully saturated rings. The predicted octanol–water partition coefficient (Wildman–Crippen LogP) is 3.56. The second-order valence-corrected chi connectivity index (χ2v) is 5.53. The van der Waals surface area contributed by atoms with Crippen molar-refractivity contribution >= 4 is 34.4 Å². The standard InChI is InChI=1S/C17H20N4O2S/c1-2-13-5-3-4-6-16(13)20-17(24)19-12-11-18-14-7-9-15(10-8-14)21(22)23/h3-10,18H,2,11-12H2,1H3,(H2,19,20,24). The Kier molecular flexibility index (Phi) is 6.51. The Morgan fingerprint density at radius 3 is 2.50 bits per heavy atom. The van der Waals surface area contributed by atoms with Crippen LogP contribution in [0.5, 0.6) is 0 Å². The van der Waals surface area contributed by atoms with Crippen LogP contribution in [0.25, 0.3) is 0 Å². The first-order valence-electron chi connectivity index (χ1n) is 7.71. The Bertz CT molecular complexity index is 704. The van der Waals surface area contributed by atoms with E-state index in [0.717, 1.165) is 17.8 Å². The van der Waals surface area contributed by atoms with Crippen molar-refractivity contribution in [3.05, 3.63) is 64.2 Å². The van der Waals surface area contributed by atoms with E-state index < -0.39 is 4.92 Å². The number of non-ortho nitro benzene ring substituents is 1. The maximum Gasteiger partial charge on any atom is 0.269 e. The lowest BCUT2D eigenvalue weighted by Crippen LogP contribution is -2.32. The van der Waals surface area contributed by atoms with Crippen LogP contribution in [0, 0.1) is 10.1 Å². The SMILES string of the molecule is CCc1ccccc1NC(=S)NCCNc1ccc([N+](=O)[O-])cc1. The van der Waals surface area contributed by atoms with Crippen LogP contribution in [0.3, 0.4) is 0 Å². The van der Waals surface area contributed by atoms with E-state index in [-0.39, 0.29) is 5.69 Å². The topological polar surface area (TPSA) is 79.2 Å². The molecule has 7 heteroatoms.